The van der Waals surface area contributed by atoms with Gasteiger partial charge >= 0.3 is 0 Å². The predicted octanol–water partition coefficient (Wildman–Crippen LogP) is -0.322. The number of nitrogens with zero attached hydrogens (tertiary/aromatic N) is 2. The lowest BCUT2D eigenvalue weighted by Crippen LogP contribution is -2.53. The number of nitrogens with two attached hydrogens (primary N) is 1. The fourth-order valence-corrected chi connectivity index (χ4v) is 3.81. The third kappa shape index (κ3) is 5.53. The van der Waals surface area contributed by atoms with Crippen molar-refractivity contribution in [2.75, 3.05) is 18.8 Å². The van der Waals surface area contributed by atoms with Gasteiger partial charge in [-0.2, -0.15) is 8.42 Å². The van der Waals surface area contributed by atoms with Crippen molar-refractivity contribution in [3.8, 4) is 0 Å². The molecule has 156 valence electrons. The van der Waals surface area contributed by atoms with Crippen molar-refractivity contribution in [1.82, 2.24) is 20.5 Å². The summed E-state index contributed by atoms with van der Waals surface area (Å²) >= 11 is 6.68. The number of aromatic nitrogens is 1. The van der Waals surface area contributed by atoms with Crippen LogP contribution in [0.4, 0.5) is 0 Å². The normalized spacial score (nSPS) is 19.4. The summed E-state index contributed by atoms with van der Waals surface area (Å²) in [5.74, 6) is -1.49. The number of hydrogen-bond acceptors (Lipinski definition) is 7. The molecule has 1 aliphatic heterocycles. The molecule has 11 nitrogen and oxygen atoms in total. The fourth-order valence-electron chi connectivity index (χ4n) is 2.67. The van der Waals surface area contributed by atoms with E-state index in [2.05, 4.69) is 52.8 Å². The Hall–Kier alpha value is -1.48. The molecule has 2 heterocycles. The van der Waals surface area contributed by atoms with Crippen molar-refractivity contribution in [3.63, 3.8) is 0 Å². The number of carbonyl (C=O) groups is 2. The average molecular weight is 544 g/mol. The second-order valence-corrected chi connectivity index (χ2v) is 9.29. The maximum absolute atomic E-state index is 12.3. The van der Waals surface area contributed by atoms with Crippen LogP contribution in [0.1, 0.15) is 23.3 Å². The molecule has 6 N–H and O–H groups in total. The van der Waals surface area contributed by atoms with E-state index in [1.807, 2.05) is 0 Å². The maximum atomic E-state index is 12.3. The molecule has 0 saturated heterocycles. The number of aliphatic imine (C=N–C) groups is 1. The topological polar surface area (TPSA) is 168 Å². The van der Waals surface area contributed by atoms with E-state index in [4.69, 9.17) is 10.3 Å². The van der Waals surface area contributed by atoms with Crippen LogP contribution >= 0.6 is 31.9 Å². The Balaban J connectivity index is 1.94. The van der Waals surface area contributed by atoms with Gasteiger partial charge in [0.1, 0.15) is 5.69 Å². The molecular weight excluding hydrogens is 524 g/mol. The van der Waals surface area contributed by atoms with Gasteiger partial charge in [-0.1, -0.05) is 0 Å². The van der Waals surface area contributed by atoms with Crippen molar-refractivity contribution in [3.05, 3.63) is 20.8 Å². The molecule has 0 bridgehead atoms. The van der Waals surface area contributed by atoms with Gasteiger partial charge < -0.3 is 15.6 Å². The molecule has 0 fully saturated rings. The van der Waals surface area contributed by atoms with Gasteiger partial charge in [-0.3, -0.25) is 24.8 Å². The van der Waals surface area contributed by atoms with Gasteiger partial charge in [-0.15, -0.1) is 0 Å². The monoisotopic (exact) mass is 542 g/mol. The van der Waals surface area contributed by atoms with Gasteiger partial charge in [0.05, 0.1) is 14.8 Å². The van der Waals surface area contributed by atoms with E-state index in [-0.39, 0.29) is 31.4 Å². The van der Waals surface area contributed by atoms with Crippen LogP contribution in [0.2, 0.25) is 0 Å². The molecule has 0 saturated carbocycles. The van der Waals surface area contributed by atoms with Crippen molar-refractivity contribution in [2.24, 2.45) is 17.8 Å². The minimum Gasteiger partial charge on any atom is -0.370 e. The molecule has 2 amide bonds. The van der Waals surface area contributed by atoms with E-state index in [1.165, 1.54) is 0 Å². The highest BCUT2D eigenvalue weighted by Crippen LogP contribution is 2.26. The summed E-state index contributed by atoms with van der Waals surface area (Å²) in [6.45, 7) is 0.0600. The zero-order valence-corrected chi connectivity index (χ0v) is 18.8. The first-order valence-electron chi connectivity index (χ1n) is 8.11. The SMILES string of the molecule is Cn1c(C(=O)NCCC[C@]2(NCCS(=O)(=O)O)N=C(N)NC2=O)cc(Br)c1Br. The van der Waals surface area contributed by atoms with Gasteiger partial charge in [0.15, 0.2) is 11.6 Å². The molecular formula is C14H20Br2N6O5S. The van der Waals surface area contributed by atoms with Gasteiger partial charge in [-0.05, 0) is 50.8 Å². The highest BCUT2D eigenvalue weighted by atomic mass is 79.9. The van der Waals surface area contributed by atoms with E-state index in [0.29, 0.717) is 12.1 Å². The number of halogens is 2. The zero-order chi connectivity index (χ0) is 21.1. The molecule has 1 aromatic heterocycles. The lowest BCUT2D eigenvalue weighted by molar-refractivity contribution is -0.125. The lowest BCUT2D eigenvalue weighted by atomic mass is 10.0. The first kappa shape index (κ1) is 22.8. The van der Waals surface area contributed by atoms with E-state index in [1.54, 1.807) is 17.7 Å². The summed E-state index contributed by atoms with van der Waals surface area (Å²) in [7, 11) is -2.45. The maximum Gasteiger partial charge on any atom is 0.269 e. The average Bonchev–Trinajstić information content (AvgIpc) is 3.00. The second kappa shape index (κ2) is 8.90. The predicted molar refractivity (Wildman–Crippen MR) is 109 cm³/mol. The van der Waals surface area contributed by atoms with Crippen molar-refractivity contribution < 1.29 is 22.6 Å². The van der Waals surface area contributed by atoms with Crippen molar-refractivity contribution in [1.29, 1.82) is 0 Å². The van der Waals surface area contributed by atoms with Crippen LogP contribution in [0.25, 0.3) is 0 Å². The van der Waals surface area contributed by atoms with E-state index in [9.17, 15) is 18.0 Å². The molecule has 0 aliphatic carbocycles. The highest BCUT2D eigenvalue weighted by molar-refractivity contribution is 9.13. The Morgan fingerprint density at radius 2 is 2.11 bits per heavy atom. The van der Waals surface area contributed by atoms with Gasteiger partial charge in [0.25, 0.3) is 21.9 Å². The first-order valence-corrected chi connectivity index (χ1v) is 11.3. The number of guanidine groups is 1. The van der Waals surface area contributed by atoms with Crippen LogP contribution in [0.3, 0.4) is 0 Å². The van der Waals surface area contributed by atoms with E-state index >= 15 is 0 Å². The molecule has 0 aromatic carbocycles. The summed E-state index contributed by atoms with van der Waals surface area (Å²) in [6.07, 6.45) is 0.521. The molecule has 0 spiro atoms. The van der Waals surface area contributed by atoms with Gasteiger partial charge in [0.2, 0.25) is 0 Å². The Kier molecular flexibility index (Phi) is 7.25. The summed E-state index contributed by atoms with van der Waals surface area (Å²) in [5, 5.41) is 7.84. The number of nitrogens with one attached hydrogen (secondary N) is 3. The van der Waals surface area contributed by atoms with Crippen molar-refractivity contribution >= 4 is 59.8 Å². The smallest absolute Gasteiger partial charge is 0.269 e. The standard InChI is InChI=1S/C14H20Br2N6O5S/c1-22-9(7-8(15)10(22)16)11(23)18-4-2-3-14(12(24)20-13(17)21-14)19-5-6-28(25,26)27/h7,19H,2-6H2,1H3,(H,18,23)(H,25,26,27)(H3,17,20,21,24)/t14-/m0/s1. The molecule has 1 atom stereocenters. The summed E-state index contributed by atoms with van der Waals surface area (Å²) < 4.78 is 33.7. The number of hydrogen-bond donors (Lipinski definition) is 5. The van der Waals surface area contributed by atoms with E-state index in [0.717, 1.165) is 9.08 Å². The highest BCUT2D eigenvalue weighted by Gasteiger charge is 2.42. The number of amides is 2. The van der Waals surface area contributed by atoms with Gasteiger partial charge in [0, 0.05) is 20.1 Å². The third-order valence-corrected chi connectivity index (χ3v) is 6.87. The lowest BCUT2D eigenvalue weighted by Gasteiger charge is -2.24. The van der Waals surface area contributed by atoms with Crippen LogP contribution in [-0.4, -0.2) is 59.8 Å². The fraction of sp³-hybridized carbons (Fsp3) is 0.500. The molecule has 28 heavy (non-hydrogen) atoms. The summed E-state index contributed by atoms with van der Waals surface area (Å²) in [4.78, 5) is 28.6. The number of carbonyl (C=O) groups excluding carboxylic acids is 2. The van der Waals surface area contributed by atoms with Crippen molar-refractivity contribution in [2.45, 2.75) is 18.5 Å². The van der Waals surface area contributed by atoms with Crippen LogP contribution in [-0.2, 0) is 22.0 Å². The molecule has 0 unspecified atom stereocenters. The number of rotatable bonds is 9. The van der Waals surface area contributed by atoms with Crippen LogP contribution in [0.5, 0.6) is 0 Å². The van der Waals surface area contributed by atoms with Crippen LogP contribution < -0.4 is 21.7 Å². The molecule has 0 radical (unpaired) electrons. The minimum absolute atomic E-state index is 0.0908. The molecule has 14 heteroatoms. The van der Waals surface area contributed by atoms with Crippen LogP contribution in [0, 0.1) is 0 Å². The quantitative estimate of drug-likeness (QED) is 0.210. The Labute approximate surface area is 178 Å². The Morgan fingerprint density at radius 3 is 2.61 bits per heavy atom. The first-order chi connectivity index (χ1) is 12.9. The van der Waals surface area contributed by atoms with E-state index < -0.39 is 27.4 Å². The third-order valence-electron chi connectivity index (χ3n) is 4.06. The Morgan fingerprint density at radius 1 is 1.43 bits per heavy atom. The molecule has 1 aromatic rings. The summed E-state index contributed by atoms with van der Waals surface area (Å²) in [5.41, 5.74) is 4.55. The van der Waals surface area contributed by atoms with Gasteiger partial charge in [-0.25, -0.2) is 4.99 Å². The summed E-state index contributed by atoms with van der Waals surface area (Å²) in [6, 6.07) is 1.67. The Bertz CT molecular complexity index is 916. The molecule has 2 rings (SSSR count). The van der Waals surface area contributed by atoms with Crippen LogP contribution in [0.15, 0.2) is 20.1 Å². The zero-order valence-electron chi connectivity index (χ0n) is 14.8. The molecule has 1 aliphatic rings. The largest absolute Gasteiger partial charge is 0.370 e. The minimum atomic E-state index is -4.19. The second-order valence-electron chi connectivity index (χ2n) is 6.11.